The van der Waals surface area contributed by atoms with Crippen LogP contribution in [0.5, 0.6) is 0 Å². The summed E-state index contributed by atoms with van der Waals surface area (Å²) < 4.78 is 1.06. The second-order valence-corrected chi connectivity index (χ2v) is 7.14. The molecule has 3 nitrogen and oxygen atoms in total. The molecule has 2 heterocycles. The Bertz CT molecular complexity index is 474. The molecule has 3 rings (SSSR count). The van der Waals surface area contributed by atoms with Gasteiger partial charge in [-0.3, -0.25) is 4.79 Å². The molecular weight excluding hydrogens is 328 g/mol. The number of hydrogen-bond acceptors (Lipinski definition) is 2. The predicted molar refractivity (Wildman–Crippen MR) is 88.2 cm³/mol. The van der Waals surface area contributed by atoms with E-state index in [0.717, 1.165) is 41.9 Å². The summed E-state index contributed by atoms with van der Waals surface area (Å²) in [6.07, 6.45) is 5.47. The number of amides is 1. The van der Waals surface area contributed by atoms with Crippen LogP contribution in [0.2, 0.25) is 0 Å². The summed E-state index contributed by atoms with van der Waals surface area (Å²) in [7, 11) is 0. The van der Waals surface area contributed by atoms with E-state index in [4.69, 9.17) is 0 Å². The van der Waals surface area contributed by atoms with E-state index < -0.39 is 0 Å². The summed E-state index contributed by atoms with van der Waals surface area (Å²) >= 11 is 3.43. The van der Waals surface area contributed by atoms with Crippen LogP contribution in [0, 0.1) is 5.92 Å². The number of rotatable bonds is 3. The molecule has 1 unspecified atom stereocenters. The molecule has 1 aromatic carbocycles. The van der Waals surface area contributed by atoms with E-state index in [0.29, 0.717) is 12.5 Å². The van der Waals surface area contributed by atoms with Gasteiger partial charge in [0.2, 0.25) is 5.91 Å². The van der Waals surface area contributed by atoms with Crippen LogP contribution in [-0.2, 0) is 11.2 Å². The van der Waals surface area contributed by atoms with Crippen molar-refractivity contribution in [3.63, 3.8) is 0 Å². The van der Waals surface area contributed by atoms with E-state index in [1.165, 1.54) is 19.4 Å². The summed E-state index contributed by atoms with van der Waals surface area (Å²) in [5, 5.41) is 3.61. The number of likely N-dealkylation sites (tertiary alicyclic amines) is 1. The minimum atomic E-state index is 0.273. The van der Waals surface area contributed by atoms with Crippen molar-refractivity contribution >= 4 is 21.8 Å². The van der Waals surface area contributed by atoms with Gasteiger partial charge in [0.05, 0.1) is 6.42 Å². The highest BCUT2D eigenvalue weighted by Crippen LogP contribution is 2.26. The van der Waals surface area contributed by atoms with Crippen LogP contribution in [0.4, 0.5) is 0 Å². The third kappa shape index (κ3) is 3.86. The molecule has 1 N–H and O–H groups in total. The smallest absolute Gasteiger partial charge is 0.226 e. The zero-order chi connectivity index (χ0) is 14.7. The fraction of sp³-hybridized carbons (Fsp3) is 0.588. The van der Waals surface area contributed by atoms with Crippen molar-refractivity contribution in [3.05, 3.63) is 34.3 Å². The Morgan fingerprint density at radius 3 is 2.52 bits per heavy atom. The molecule has 1 atom stereocenters. The molecule has 0 spiro atoms. The number of carbonyl (C=O) groups is 1. The Morgan fingerprint density at radius 2 is 1.90 bits per heavy atom. The van der Waals surface area contributed by atoms with E-state index in [1.54, 1.807) is 0 Å². The van der Waals surface area contributed by atoms with Crippen molar-refractivity contribution in [2.24, 2.45) is 5.92 Å². The van der Waals surface area contributed by atoms with Crippen LogP contribution in [-0.4, -0.2) is 36.5 Å². The van der Waals surface area contributed by atoms with Crippen LogP contribution >= 0.6 is 15.9 Å². The normalized spacial score (nSPS) is 23.5. The maximum Gasteiger partial charge on any atom is 0.226 e. The van der Waals surface area contributed by atoms with E-state index in [9.17, 15) is 4.79 Å². The van der Waals surface area contributed by atoms with Crippen molar-refractivity contribution in [1.29, 1.82) is 0 Å². The number of halogens is 1. The third-order valence-electron chi connectivity index (χ3n) is 4.83. The minimum absolute atomic E-state index is 0.273. The molecule has 21 heavy (non-hydrogen) atoms. The van der Waals surface area contributed by atoms with Gasteiger partial charge in [-0.2, -0.15) is 0 Å². The summed E-state index contributed by atoms with van der Waals surface area (Å²) in [5.74, 6) is 1.04. The van der Waals surface area contributed by atoms with Crippen molar-refractivity contribution in [3.8, 4) is 0 Å². The van der Waals surface area contributed by atoms with Crippen molar-refractivity contribution in [2.75, 3.05) is 19.6 Å². The number of hydrogen-bond donors (Lipinski definition) is 1. The quantitative estimate of drug-likeness (QED) is 0.908. The van der Waals surface area contributed by atoms with Gasteiger partial charge >= 0.3 is 0 Å². The molecular formula is C17H23BrN2O. The van der Waals surface area contributed by atoms with Crippen LogP contribution in [0.15, 0.2) is 28.7 Å². The van der Waals surface area contributed by atoms with E-state index in [1.807, 2.05) is 29.2 Å². The molecule has 0 aliphatic carbocycles. The number of benzene rings is 1. The van der Waals surface area contributed by atoms with Gasteiger partial charge in [-0.1, -0.05) is 28.1 Å². The lowest BCUT2D eigenvalue weighted by Gasteiger charge is -2.35. The molecule has 2 fully saturated rings. The Kier molecular flexibility index (Phi) is 4.96. The van der Waals surface area contributed by atoms with Crippen LogP contribution in [0.3, 0.4) is 0 Å². The van der Waals surface area contributed by atoms with Crippen molar-refractivity contribution in [2.45, 2.75) is 38.1 Å². The van der Waals surface area contributed by atoms with E-state index >= 15 is 0 Å². The Morgan fingerprint density at radius 1 is 1.19 bits per heavy atom. The molecule has 0 bridgehead atoms. The van der Waals surface area contributed by atoms with Crippen LogP contribution in [0.25, 0.3) is 0 Å². The first-order valence-electron chi connectivity index (χ1n) is 7.98. The molecule has 2 aliphatic heterocycles. The second kappa shape index (κ2) is 6.93. The van der Waals surface area contributed by atoms with Crippen LogP contribution < -0.4 is 5.32 Å². The molecule has 0 aromatic heterocycles. The lowest BCUT2D eigenvalue weighted by Crippen LogP contribution is -2.43. The molecule has 0 radical (unpaired) electrons. The second-order valence-electron chi connectivity index (χ2n) is 6.22. The lowest BCUT2D eigenvalue weighted by atomic mass is 9.88. The first-order valence-corrected chi connectivity index (χ1v) is 8.77. The first kappa shape index (κ1) is 15.0. The maximum absolute atomic E-state index is 12.4. The average molecular weight is 351 g/mol. The van der Waals surface area contributed by atoms with Gasteiger partial charge in [0.25, 0.3) is 0 Å². The Hall–Kier alpha value is -0.870. The van der Waals surface area contributed by atoms with E-state index in [-0.39, 0.29) is 5.91 Å². The van der Waals surface area contributed by atoms with E-state index in [2.05, 4.69) is 21.2 Å². The maximum atomic E-state index is 12.4. The Labute approximate surface area is 135 Å². The topological polar surface area (TPSA) is 32.3 Å². The molecule has 0 saturated carbocycles. The van der Waals surface area contributed by atoms with Gasteiger partial charge in [0.1, 0.15) is 0 Å². The van der Waals surface area contributed by atoms with Gasteiger partial charge in [0.15, 0.2) is 0 Å². The predicted octanol–water partition coefficient (Wildman–Crippen LogP) is 2.98. The fourth-order valence-corrected chi connectivity index (χ4v) is 3.82. The van der Waals surface area contributed by atoms with Crippen LogP contribution in [0.1, 0.15) is 31.2 Å². The zero-order valence-electron chi connectivity index (χ0n) is 12.4. The highest BCUT2D eigenvalue weighted by Gasteiger charge is 2.29. The summed E-state index contributed by atoms with van der Waals surface area (Å²) in [6.45, 7) is 3.03. The third-order valence-corrected chi connectivity index (χ3v) is 5.36. The largest absolute Gasteiger partial charge is 0.342 e. The monoisotopic (exact) mass is 350 g/mol. The molecule has 1 aromatic rings. The highest BCUT2D eigenvalue weighted by atomic mass is 79.9. The highest BCUT2D eigenvalue weighted by molar-refractivity contribution is 9.10. The number of carbonyl (C=O) groups excluding carboxylic acids is 1. The van der Waals surface area contributed by atoms with Crippen molar-refractivity contribution < 1.29 is 4.79 Å². The molecule has 2 saturated heterocycles. The van der Waals surface area contributed by atoms with Gasteiger partial charge in [0, 0.05) is 23.6 Å². The standard InChI is InChI=1S/C17H23BrN2O/c18-15-5-3-13(4-6-15)12-17(21)20-10-7-14(8-11-20)16-2-1-9-19-16/h3-6,14,16,19H,1-2,7-12H2. The summed E-state index contributed by atoms with van der Waals surface area (Å²) in [5.41, 5.74) is 1.10. The van der Waals surface area contributed by atoms with Crippen molar-refractivity contribution in [1.82, 2.24) is 10.2 Å². The number of nitrogens with one attached hydrogen (secondary N) is 1. The lowest BCUT2D eigenvalue weighted by molar-refractivity contribution is -0.132. The van der Waals surface area contributed by atoms with Gasteiger partial charge in [-0.25, -0.2) is 0 Å². The average Bonchev–Trinajstić information content (AvgIpc) is 3.04. The fourth-order valence-electron chi connectivity index (χ4n) is 3.55. The van der Waals surface area contributed by atoms with Gasteiger partial charge in [-0.05, 0) is 55.8 Å². The zero-order valence-corrected chi connectivity index (χ0v) is 13.9. The minimum Gasteiger partial charge on any atom is -0.342 e. The molecule has 4 heteroatoms. The summed E-state index contributed by atoms with van der Waals surface area (Å²) in [6, 6.07) is 8.75. The van der Waals surface area contributed by atoms with Gasteiger partial charge in [-0.15, -0.1) is 0 Å². The van der Waals surface area contributed by atoms with Gasteiger partial charge < -0.3 is 10.2 Å². The Balaban J connectivity index is 1.49. The first-order chi connectivity index (χ1) is 10.2. The molecule has 2 aliphatic rings. The molecule has 1 amide bonds. The number of nitrogens with zero attached hydrogens (tertiary/aromatic N) is 1. The number of piperidine rings is 1. The summed E-state index contributed by atoms with van der Waals surface area (Å²) in [4.78, 5) is 14.4. The SMILES string of the molecule is O=C(Cc1ccc(Br)cc1)N1CCC(C2CCCN2)CC1. The molecule has 114 valence electrons.